The third-order valence-electron chi connectivity index (χ3n) is 7.46. The molecule has 2 fully saturated rings. The Morgan fingerprint density at radius 3 is 2.65 bits per heavy atom. The van der Waals surface area contributed by atoms with Crippen molar-refractivity contribution in [2.45, 2.75) is 18.4 Å². The van der Waals surface area contributed by atoms with Crippen molar-refractivity contribution in [3.8, 4) is 29.0 Å². The third kappa shape index (κ3) is 6.73. The van der Waals surface area contributed by atoms with E-state index in [4.69, 9.17) is 14.6 Å². The van der Waals surface area contributed by atoms with Crippen LogP contribution >= 0.6 is 0 Å². The van der Waals surface area contributed by atoms with Crippen LogP contribution in [0.1, 0.15) is 12.0 Å². The molecular weight excluding hydrogens is 562 g/mol. The van der Waals surface area contributed by atoms with E-state index >= 15 is 0 Å². The number of likely N-dealkylation sites (tertiary alicyclic amines) is 1. The molecule has 0 radical (unpaired) electrons. The normalized spacial score (nSPS) is 18.6. The Kier molecular flexibility index (Phi) is 8.84. The Balaban J connectivity index is 1.30. The monoisotopic (exact) mass is 594 g/mol. The number of nitriles is 1. The van der Waals surface area contributed by atoms with Crippen LogP contribution in [0, 0.1) is 11.3 Å². The lowest BCUT2D eigenvalue weighted by atomic mass is 10.0. The fourth-order valence-electron chi connectivity index (χ4n) is 5.05. The number of aromatic nitrogens is 3. The SMILES string of the molecule is COc1nc(Nc2nccc(-c3ccc(O[C@@H]4CCN(C(=O)CO)CC4(F)F)c(C#N)c3)n2)ccc1N1CCN(C)CC1. The number of halogens is 2. The number of hydrogen-bond acceptors (Lipinski definition) is 11. The number of hydrogen-bond donors (Lipinski definition) is 2. The van der Waals surface area contributed by atoms with Gasteiger partial charge < -0.3 is 34.6 Å². The lowest BCUT2D eigenvalue weighted by molar-refractivity contribution is -0.161. The van der Waals surface area contributed by atoms with E-state index in [0.29, 0.717) is 23.0 Å². The van der Waals surface area contributed by atoms with Crippen molar-refractivity contribution in [3.63, 3.8) is 0 Å². The Bertz CT molecular complexity index is 1510. The van der Waals surface area contributed by atoms with Crippen molar-refractivity contribution in [1.29, 1.82) is 5.26 Å². The second kappa shape index (κ2) is 12.7. The fourth-order valence-corrected chi connectivity index (χ4v) is 5.05. The van der Waals surface area contributed by atoms with Crippen molar-refractivity contribution in [3.05, 3.63) is 48.2 Å². The minimum atomic E-state index is -3.36. The number of ether oxygens (including phenoxy) is 2. The predicted octanol–water partition coefficient (Wildman–Crippen LogP) is 2.52. The van der Waals surface area contributed by atoms with Crippen LogP contribution in [0.5, 0.6) is 11.6 Å². The number of alkyl halides is 2. The van der Waals surface area contributed by atoms with E-state index in [9.17, 15) is 18.8 Å². The molecule has 3 aromatic rings. The van der Waals surface area contributed by atoms with Gasteiger partial charge in [0.15, 0.2) is 6.10 Å². The number of aliphatic hydroxyl groups is 1. The van der Waals surface area contributed by atoms with Crippen LogP contribution in [0.4, 0.5) is 26.2 Å². The topological polar surface area (TPSA) is 140 Å². The van der Waals surface area contributed by atoms with Crippen LogP contribution in [0.25, 0.3) is 11.3 Å². The van der Waals surface area contributed by atoms with Gasteiger partial charge >= 0.3 is 5.92 Å². The summed E-state index contributed by atoms with van der Waals surface area (Å²) < 4.78 is 40.7. The summed E-state index contributed by atoms with van der Waals surface area (Å²) in [6.07, 6.45) is -0.129. The summed E-state index contributed by atoms with van der Waals surface area (Å²) in [6, 6.07) is 12.0. The Labute approximate surface area is 247 Å². The average molecular weight is 595 g/mol. The van der Waals surface area contributed by atoms with E-state index in [1.165, 1.54) is 12.1 Å². The Morgan fingerprint density at radius 2 is 1.95 bits per heavy atom. The molecule has 2 aromatic heterocycles. The molecule has 0 saturated carbocycles. The number of carbonyl (C=O) groups excluding carboxylic acids is 1. The van der Waals surface area contributed by atoms with E-state index in [0.717, 1.165) is 36.8 Å². The van der Waals surface area contributed by atoms with E-state index in [2.05, 4.69) is 37.1 Å². The molecule has 14 heteroatoms. The Hall–Kier alpha value is -4.61. The van der Waals surface area contributed by atoms with Gasteiger partial charge in [-0.05, 0) is 43.4 Å². The standard InChI is InChI=1S/C29H32F2N8O4/c1-37-11-13-38(14-12-37)22-4-6-25(35-27(22)42-2)36-28-33-9-7-21(34-28)19-3-5-23(20(15-19)16-32)43-24-8-10-39(26(41)17-40)18-29(24,30)31/h3-7,9,15,24,40H,8,10-14,17-18H2,1-2H3,(H,33,34,35,36)/t24-/m1/s1. The number of nitrogens with one attached hydrogen (secondary N) is 1. The number of carbonyl (C=O) groups is 1. The highest BCUT2D eigenvalue weighted by molar-refractivity contribution is 5.77. The third-order valence-corrected chi connectivity index (χ3v) is 7.46. The second-order valence-corrected chi connectivity index (χ2v) is 10.4. The van der Waals surface area contributed by atoms with E-state index < -0.39 is 31.1 Å². The summed E-state index contributed by atoms with van der Waals surface area (Å²) in [5.41, 5.74) is 2.01. The van der Waals surface area contributed by atoms with Gasteiger partial charge in [0.05, 0.1) is 24.9 Å². The minimum Gasteiger partial charge on any atom is -0.483 e. The van der Waals surface area contributed by atoms with Gasteiger partial charge in [0.25, 0.3) is 0 Å². The van der Waals surface area contributed by atoms with Crippen molar-refractivity contribution in [2.75, 3.05) is 70.2 Å². The lowest BCUT2D eigenvalue weighted by Crippen LogP contribution is -2.55. The van der Waals surface area contributed by atoms with Gasteiger partial charge in [0, 0.05) is 50.9 Å². The summed E-state index contributed by atoms with van der Waals surface area (Å²) in [7, 11) is 3.67. The molecule has 1 amide bonds. The highest BCUT2D eigenvalue weighted by atomic mass is 19.3. The number of nitrogens with zero attached hydrogens (tertiary/aromatic N) is 7. The molecule has 2 aliphatic heterocycles. The first-order valence-electron chi connectivity index (χ1n) is 13.8. The van der Waals surface area contributed by atoms with Crippen LogP contribution in [0.3, 0.4) is 0 Å². The number of pyridine rings is 1. The highest BCUT2D eigenvalue weighted by Gasteiger charge is 2.47. The second-order valence-electron chi connectivity index (χ2n) is 10.4. The van der Waals surface area contributed by atoms with Gasteiger partial charge in [0.2, 0.25) is 17.7 Å². The molecule has 5 rings (SSSR count). The molecule has 12 nitrogen and oxygen atoms in total. The van der Waals surface area contributed by atoms with Gasteiger partial charge in [-0.25, -0.2) is 18.7 Å². The zero-order chi connectivity index (χ0) is 30.6. The summed E-state index contributed by atoms with van der Waals surface area (Å²) in [6.45, 7) is 1.94. The zero-order valence-electron chi connectivity index (χ0n) is 23.8. The first-order chi connectivity index (χ1) is 20.7. The fraction of sp³-hybridized carbons (Fsp3) is 0.414. The summed E-state index contributed by atoms with van der Waals surface area (Å²) in [4.78, 5) is 30.5. The van der Waals surface area contributed by atoms with Crippen LogP contribution in [-0.4, -0.2) is 108 Å². The number of rotatable bonds is 8. The number of piperidine rings is 1. The largest absolute Gasteiger partial charge is 0.483 e. The van der Waals surface area contributed by atoms with Gasteiger partial charge in [-0.2, -0.15) is 10.2 Å². The van der Waals surface area contributed by atoms with E-state index in [-0.39, 0.29) is 30.2 Å². The number of amides is 1. The molecule has 2 N–H and O–H groups in total. The smallest absolute Gasteiger partial charge is 0.301 e. The molecule has 226 valence electrons. The molecule has 0 spiro atoms. The maximum atomic E-state index is 14.8. The molecule has 0 aliphatic carbocycles. The average Bonchev–Trinajstić information content (AvgIpc) is 3.02. The first kappa shape index (κ1) is 29.9. The summed E-state index contributed by atoms with van der Waals surface area (Å²) in [5.74, 6) is -2.89. The van der Waals surface area contributed by atoms with Gasteiger partial charge in [-0.1, -0.05) is 0 Å². The molecule has 0 bridgehead atoms. The maximum Gasteiger partial charge on any atom is 0.301 e. The first-order valence-corrected chi connectivity index (χ1v) is 13.8. The molecule has 1 aromatic carbocycles. The molecule has 4 heterocycles. The van der Waals surface area contributed by atoms with Crippen LogP contribution in [0.15, 0.2) is 42.6 Å². The van der Waals surface area contributed by atoms with Crippen molar-refractivity contribution >= 4 is 23.4 Å². The van der Waals surface area contributed by atoms with Crippen molar-refractivity contribution in [1.82, 2.24) is 24.8 Å². The number of benzene rings is 1. The van der Waals surface area contributed by atoms with E-state index in [1.807, 2.05) is 18.2 Å². The number of aliphatic hydroxyl groups excluding tert-OH is 1. The van der Waals surface area contributed by atoms with Crippen LogP contribution in [0.2, 0.25) is 0 Å². The molecule has 2 aliphatic rings. The molecule has 1 atom stereocenters. The van der Waals surface area contributed by atoms with Gasteiger partial charge in [-0.3, -0.25) is 4.79 Å². The summed E-state index contributed by atoms with van der Waals surface area (Å²) >= 11 is 0. The van der Waals surface area contributed by atoms with Crippen LogP contribution in [-0.2, 0) is 4.79 Å². The number of piperazine rings is 1. The van der Waals surface area contributed by atoms with Gasteiger partial charge in [-0.15, -0.1) is 0 Å². The molecule has 43 heavy (non-hydrogen) atoms. The summed E-state index contributed by atoms with van der Waals surface area (Å²) in [5, 5.41) is 21.8. The lowest BCUT2D eigenvalue weighted by Gasteiger charge is -2.38. The van der Waals surface area contributed by atoms with Crippen molar-refractivity contribution < 1.29 is 28.2 Å². The van der Waals surface area contributed by atoms with E-state index in [1.54, 1.807) is 25.4 Å². The predicted molar refractivity (Wildman–Crippen MR) is 154 cm³/mol. The number of methoxy groups -OCH3 is 1. The number of anilines is 3. The number of likely N-dealkylation sites (N-methyl/N-ethyl adjacent to an activating group) is 1. The van der Waals surface area contributed by atoms with Crippen molar-refractivity contribution in [2.24, 2.45) is 0 Å². The quantitative estimate of drug-likeness (QED) is 0.398. The van der Waals surface area contributed by atoms with Crippen LogP contribution < -0.4 is 19.7 Å². The Morgan fingerprint density at radius 1 is 1.16 bits per heavy atom. The minimum absolute atomic E-state index is 0.00185. The molecule has 2 saturated heterocycles. The maximum absolute atomic E-state index is 14.8. The van der Waals surface area contributed by atoms with Gasteiger partial charge in [0.1, 0.15) is 29.9 Å². The zero-order valence-corrected chi connectivity index (χ0v) is 23.8. The highest BCUT2D eigenvalue weighted by Crippen LogP contribution is 2.34. The molecule has 0 unspecified atom stereocenters. The molecular formula is C29H32F2N8O4.